The zero-order chi connectivity index (χ0) is 14.3. The van der Waals surface area contributed by atoms with Crippen LogP contribution in [0.2, 0.25) is 0 Å². The highest BCUT2D eigenvalue weighted by Gasteiger charge is 2.30. The number of rotatable bonds is 2. The van der Waals surface area contributed by atoms with Crippen LogP contribution in [-0.2, 0) is 10.0 Å². The van der Waals surface area contributed by atoms with Crippen LogP contribution in [0.4, 0.5) is 0 Å². The Balaban J connectivity index is 2.02. The monoisotopic (exact) mass is 306 g/mol. The SMILES string of the molecule is Cc1ccc(C(C)N=C2NS(=O)(=O)c3ccccc32)s1. The van der Waals surface area contributed by atoms with Gasteiger partial charge in [0.15, 0.2) is 0 Å². The molecule has 1 aliphatic rings. The van der Waals surface area contributed by atoms with Crippen LogP contribution in [0.3, 0.4) is 0 Å². The summed E-state index contributed by atoms with van der Waals surface area (Å²) < 4.78 is 26.5. The van der Waals surface area contributed by atoms with Crippen molar-refractivity contribution in [2.75, 3.05) is 0 Å². The molecule has 104 valence electrons. The molecule has 0 spiro atoms. The first kappa shape index (κ1) is 13.3. The second kappa shape index (κ2) is 4.71. The number of nitrogens with zero attached hydrogens (tertiary/aromatic N) is 1. The van der Waals surface area contributed by atoms with E-state index < -0.39 is 10.0 Å². The van der Waals surface area contributed by atoms with E-state index in [4.69, 9.17) is 0 Å². The van der Waals surface area contributed by atoms with E-state index >= 15 is 0 Å². The predicted octanol–water partition coefficient (Wildman–Crippen LogP) is 2.86. The van der Waals surface area contributed by atoms with E-state index in [-0.39, 0.29) is 6.04 Å². The normalized spacial score (nSPS) is 19.6. The Bertz CT molecular complexity index is 791. The molecule has 2 heterocycles. The number of thiophene rings is 1. The van der Waals surface area contributed by atoms with Gasteiger partial charge in [-0.05, 0) is 38.1 Å². The van der Waals surface area contributed by atoms with Crippen molar-refractivity contribution in [3.63, 3.8) is 0 Å². The van der Waals surface area contributed by atoms with Crippen LogP contribution < -0.4 is 4.72 Å². The van der Waals surface area contributed by atoms with Crippen LogP contribution in [0, 0.1) is 6.92 Å². The van der Waals surface area contributed by atoms with Crippen LogP contribution in [0.5, 0.6) is 0 Å². The molecule has 0 bridgehead atoms. The fourth-order valence-corrected chi connectivity index (χ4v) is 4.27. The Labute approximate surface area is 122 Å². The molecule has 20 heavy (non-hydrogen) atoms. The average Bonchev–Trinajstić information content (AvgIpc) is 2.93. The number of amidine groups is 1. The molecule has 3 rings (SSSR count). The fraction of sp³-hybridized carbons (Fsp3) is 0.214. The van der Waals surface area contributed by atoms with E-state index in [1.807, 2.05) is 32.0 Å². The van der Waals surface area contributed by atoms with Crippen LogP contribution in [0.1, 0.15) is 28.3 Å². The first-order chi connectivity index (χ1) is 9.47. The molecule has 2 aromatic rings. The van der Waals surface area contributed by atoms with Gasteiger partial charge < -0.3 is 0 Å². The highest BCUT2D eigenvalue weighted by molar-refractivity contribution is 7.90. The molecule has 1 aromatic heterocycles. The number of nitrogens with one attached hydrogen (secondary N) is 1. The van der Waals surface area contributed by atoms with Crippen LogP contribution in [0.15, 0.2) is 46.3 Å². The molecule has 1 N–H and O–H groups in total. The maximum Gasteiger partial charge on any atom is 0.263 e. The number of aliphatic imine (C=N–C) groups is 1. The van der Waals surface area contributed by atoms with E-state index in [2.05, 4.69) is 9.71 Å². The van der Waals surface area contributed by atoms with Crippen molar-refractivity contribution in [3.05, 3.63) is 51.7 Å². The lowest BCUT2D eigenvalue weighted by Gasteiger charge is -2.05. The Morgan fingerprint density at radius 2 is 1.95 bits per heavy atom. The molecule has 1 atom stereocenters. The van der Waals surface area contributed by atoms with E-state index in [1.165, 1.54) is 4.88 Å². The molecular weight excluding hydrogens is 292 g/mol. The molecule has 0 fully saturated rings. The van der Waals surface area contributed by atoms with Crippen molar-refractivity contribution in [2.45, 2.75) is 24.8 Å². The molecule has 0 aliphatic carbocycles. The first-order valence-corrected chi connectivity index (χ1v) is 8.54. The Morgan fingerprint density at radius 1 is 1.20 bits per heavy atom. The summed E-state index contributed by atoms with van der Waals surface area (Å²) in [6, 6.07) is 10.9. The van der Waals surface area contributed by atoms with Gasteiger partial charge in [0.05, 0.1) is 10.9 Å². The molecule has 1 aromatic carbocycles. The van der Waals surface area contributed by atoms with Crippen molar-refractivity contribution in [1.29, 1.82) is 0 Å². The summed E-state index contributed by atoms with van der Waals surface area (Å²) in [4.78, 5) is 7.18. The van der Waals surface area contributed by atoms with Crippen molar-refractivity contribution in [1.82, 2.24) is 4.72 Å². The molecule has 0 saturated heterocycles. The Morgan fingerprint density at radius 3 is 2.65 bits per heavy atom. The Hall–Kier alpha value is -1.66. The lowest BCUT2D eigenvalue weighted by molar-refractivity contribution is 0.595. The minimum Gasteiger partial charge on any atom is -0.263 e. The van der Waals surface area contributed by atoms with E-state index in [0.717, 1.165) is 4.88 Å². The third kappa shape index (κ3) is 2.25. The quantitative estimate of drug-likeness (QED) is 0.927. The zero-order valence-corrected chi connectivity index (χ0v) is 12.8. The summed E-state index contributed by atoms with van der Waals surface area (Å²) in [5.74, 6) is 0.430. The van der Waals surface area contributed by atoms with Gasteiger partial charge in [-0.3, -0.25) is 9.71 Å². The lowest BCUT2D eigenvalue weighted by atomic mass is 10.2. The maximum atomic E-state index is 12.0. The summed E-state index contributed by atoms with van der Waals surface area (Å²) in [6.45, 7) is 4.01. The minimum atomic E-state index is -3.45. The fourth-order valence-electron chi connectivity index (χ4n) is 2.16. The number of fused-ring (bicyclic) bond motifs is 1. The van der Waals surface area contributed by atoms with Gasteiger partial charge in [-0.1, -0.05) is 12.1 Å². The summed E-state index contributed by atoms with van der Waals surface area (Å²) in [5, 5.41) is 0. The van der Waals surface area contributed by atoms with Gasteiger partial charge in [0, 0.05) is 15.3 Å². The molecule has 4 nitrogen and oxygen atoms in total. The van der Waals surface area contributed by atoms with Crippen LogP contribution in [-0.4, -0.2) is 14.3 Å². The van der Waals surface area contributed by atoms with Crippen molar-refractivity contribution in [3.8, 4) is 0 Å². The van der Waals surface area contributed by atoms with Gasteiger partial charge in [0.1, 0.15) is 5.84 Å². The number of aryl methyl sites for hydroxylation is 1. The van der Waals surface area contributed by atoms with Crippen molar-refractivity contribution >= 4 is 27.2 Å². The van der Waals surface area contributed by atoms with Gasteiger partial charge in [-0.15, -0.1) is 11.3 Å². The summed E-state index contributed by atoms with van der Waals surface area (Å²) in [7, 11) is -3.45. The molecule has 0 amide bonds. The Kier molecular flexibility index (Phi) is 3.14. The molecule has 6 heteroatoms. The van der Waals surface area contributed by atoms with Gasteiger partial charge in [0.2, 0.25) is 0 Å². The van der Waals surface area contributed by atoms with Gasteiger partial charge in [-0.2, -0.15) is 0 Å². The standard InChI is InChI=1S/C14H14N2O2S2/c1-9-7-8-12(19-9)10(2)15-14-11-5-3-4-6-13(11)20(17,18)16-14/h3-8,10H,1-2H3,(H,15,16). The second-order valence-electron chi connectivity index (χ2n) is 4.70. The van der Waals surface area contributed by atoms with Gasteiger partial charge >= 0.3 is 0 Å². The number of benzene rings is 1. The third-order valence-electron chi connectivity index (χ3n) is 3.16. The topological polar surface area (TPSA) is 58.5 Å². The highest BCUT2D eigenvalue weighted by Crippen LogP contribution is 2.28. The van der Waals surface area contributed by atoms with Crippen LogP contribution in [0.25, 0.3) is 0 Å². The third-order valence-corrected chi connectivity index (χ3v) is 5.73. The summed E-state index contributed by atoms with van der Waals surface area (Å²) >= 11 is 1.68. The maximum absolute atomic E-state index is 12.0. The smallest absolute Gasteiger partial charge is 0.263 e. The van der Waals surface area contributed by atoms with E-state index in [0.29, 0.717) is 16.3 Å². The van der Waals surface area contributed by atoms with Gasteiger partial charge in [0.25, 0.3) is 10.0 Å². The van der Waals surface area contributed by atoms with Crippen molar-refractivity contribution < 1.29 is 8.42 Å². The predicted molar refractivity (Wildman–Crippen MR) is 80.8 cm³/mol. The van der Waals surface area contributed by atoms with E-state index in [9.17, 15) is 8.42 Å². The average molecular weight is 306 g/mol. The minimum absolute atomic E-state index is 0.0717. The number of sulfonamides is 1. The summed E-state index contributed by atoms with van der Waals surface area (Å²) in [6.07, 6.45) is 0. The molecule has 0 radical (unpaired) electrons. The second-order valence-corrected chi connectivity index (χ2v) is 7.67. The molecule has 1 aliphatic heterocycles. The number of hydrogen-bond donors (Lipinski definition) is 1. The number of hydrogen-bond acceptors (Lipinski definition) is 4. The summed E-state index contributed by atoms with van der Waals surface area (Å²) in [5.41, 5.74) is 0.646. The molecule has 1 unspecified atom stereocenters. The molecule has 0 saturated carbocycles. The van der Waals surface area contributed by atoms with Gasteiger partial charge in [-0.25, -0.2) is 8.42 Å². The van der Waals surface area contributed by atoms with Crippen LogP contribution >= 0.6 is 11.3 Å². The van der Waals surface area contributed by atoms with E-state index in [1.54, 1.807) is 29.5 Å². The zero-order valence-electron chi connectivity index (χ0n) is 11.1. The lowest BCUT2D eigenvalue weighted by Crippen LogP contribution is -2.22. The largest absolute Gasteiger partial charge is 0.263 e. The van der Waals surface area contributed by atoms with Crippen molar-refractivity contribution in [2.24, 2.45) is 4.99 Å². The highest BCUT2D eigenvalue weighted by atomic mass is 32.2. The first-order valence-electron chi connectivity index (χ1n) is 6.24. The molecular formula is C14H14N2O2S2.